The number of ether oxygens (including phenoxy) is 2. The topological polar surface area (TPSA) is 87.3 Å². The van der Waals surface area contributed by atoms with E-state index in [0.29, 0.717) is 39.4 Å². The highest BCUT2D eigenvalue weighted by molar-refractivity contribution is 5.79. The van der Waals surface area contributed by atoms with Gasteiger partial charge in [-0.2, -0.15) is 0 Å². The van der Waals surface area contributed by atoms with Crippen LogP contribution in [-0.4, -0.2) is 90.2 Å². The Morgan fingerprint density at radius 1 is 1.08 bits per heavy atom. The predicted octanol–water partition coefficient (Wildman–Crippen LogP) is 0.320. The molecule has 0 amide bonds. The van der Waals surface area contributed by atoms with Gasteiger partial charge in [-0.3, -0.25) is 4.90 Å². The van der Waals surface area contributed by atoms with E-state index in [1.807, 2.05) is 46.0 Å². The average molecular weight is 366 g/mol. The maximum Gasteiger partial charge on any atom is 0.0900 e. The van der Waals surface area contributed by atoms with E-state index in [2.05, 4.69) is 0 Å². The van der Waals surface area contributed by atoms with Crippen molar-refractivity contribution in [2.75, 3.05) is 53.2 Å². The summed E-state index contributed by atoms with van der Waals surface area (Å²) in [6.45, 7) is 2.61. The zero-order valence-corrected chi connectivity index (χ0v) is 15.3. The molecule has 7 heteroatoms. The highest BCUT2D eigenvalue weighted by Gasteiger charge is 2.16. The fourth-order valence-electron chi connectivity index (χ4n) is 2.99. The van der Waals surface area contributed by atoms with Crippen LogP contribution in [0.4, 0.5) is 0 Å². The number of nitrogens with zero attached hydrogens (tertiary/aromatic N) is 2. The number of para-hydroxylation sites is 1. The molecule has 2 atom stereocenters. The number of rotatable bonds is 13. The minimum atomic E-state index is -0.682. The van der Waals surface area contributed by atoms with Gasteiger partial charge in [-0.1, -0.05) is 18.2 Å². The van der Waals surface area contributed by atoms with Crippen LogP contribution in [0.15, 0.2) is 36.5 Å². The van der Waals surface area contributed by atoms with Crippen LogP contribution in [0.5, 0.6) is 0 Å². The molecule has 0 saturated heterocycles. The number of benzene rings is 1. The first-order valence-electron chi connectivity index (χ1n) is 8.94. The van der Waals surface area contributed by atoms with Crippen molar-refractivity contribution in [3.8, 4) is 0 Å². The van der Waals surface area contributed by atoms with Gasteiger partial charge >= 0.3 is 0 Å². The van der Waals surface area contributed by atoms with Crippen LogP contribution in [0, 0.1) is 0 Å². The molecule has 0 aliphatic carbocycles. The third-order valence-electron chi connectivity index (χ3n) is 4.18. The summed E-state index contributed by atoms with van der Waals surface area (Å²) in [5.41, 5.74) is 1.08. The quantitative estimate of drug-likeness (QED) is 0.443. The molecule has 0 bridgehead atoms. The molecule has 7 nitrogen and oxygen atoms in total. The Labute approximate surface area is 154 Å². The smallest absolute Gasteiger partial charge is 0.0900 e. The first kappa shape index (κ1) is 20.8. The lowest BCUT2D eigenvalue weighted by molar-refractivity contribution is -0.00940. The van der Waals surface area contributed by atoms with Crippen LogP contribution in [0.3, 0.4) is 0 Å². The molecule has 2 rings (SSSR count). The van der Waals surface area contributed by atoms with Crippen LogP contribution >= 0.6 is 0 Å². The summed E-state index contributed by atoms with van der Waals surface area (Å²) in [6.07, 6.45) is 0.667. The Hall–Kier alpha value is -1.48. The van der Waals surface area contributed by atoms with E-state index < -0.39 is 12.2 Å². The first-order valence-corrected chi connectivity index (χ1v) is 8.94. The van der Waals surface area contributed by atoms with Gasteiger partial charge in [0.2, 0.25) is 0 Å². The lowest BCUT2D eigenvalue weighted by atomic mass is 10.2. The number of methoxy groups -OCH3 is 1. The zero-order chi connectivity index (χ0) is 18.8. The Morgan fingerprint density at radius 3 is 2.62 bits per heavy atom. The Morgan fingerprint density at radius 2 is 1.85 bits per heavy atom. The summed E-state index contributed by atoms with van der Waals surface area (Å²) in [5, 5.41) is 30.9. The normalized spacial score (nSPS) is 14.2. The standard InChI is InChI=1S/C19H30N2O5/c1-25-10-11-26-15-18(24)13-20(8-9-22)12-17(23)14-21-7-6-16-4-2-3-5-19(16)21/h2-7,17-18,22-24H,8-15H2,1H3/t17-,18+/m0/s1. The fraction of sp³-hybridized carbons (Fsp3) is 0.579. The van der Waals surface area contributed by atoms with Gasteiger partial charge in [0.25, 0.3) is 0 Å². The molecule has 0 radical (unpaired) electrons. The van der Waals surface area contributed by atoms with Crippen molar-refractivity contribution in [3.05, 3.63) is 36.5 Å². The number of aliphatic hydroxyl groups is 3. The lowest BCUT2D eigenvalue weighted by Gasteiger charge is -2.27. The van der Waals surface area contributed by atoms with Gasteiger partial charge in [0.15, 0.2) is 0 Å². The Bertz CT molecular complexity index is 633. The molecule has 146 valence electrons. The van der Waals surface area contributed by atoms with Crippen LogP contribution in [-0.2, 0) is 16.0 Å². The van der Waals surface area contributed by atoms with Crippen molar-refractivity contribution in [2.24, 2.45) is 0 Å². The molecule has 0 spiro atoms. The van der Waals surface area contributed by atoms with E-state index in [1.165, 1.54) is 0 Å². The van der Waals surface area contributed by atoms with Crippen molar-refractivity contribution >= 4 is 10.9 Å². The summed E-state index contributed by atoms with van der Waals surface area (Å²) < 4.78 is 12.2. The molecule has 0 fully saturated rings. The van der Waals surface area contributed by atoms with Gasteiger partial charge in [-0.25, -0.2) is 0 Å². The van der Waals surface area contributed by atoms with E-state index in [0.717, 1.165) is 10.9 Å². The van der Waals surface area contributed by atoms with Gasteiger partial charge in [-0.05, 0) is 17.5 Å². The molecule has 0 unspecified atom stereocenters. The van der Waals surface area contributed by atoms with Gasteiger partial charge < -0.3 is 29.4 Å². The summed E-state index contributed by atoms with van der Waals surface area (Å²) >= 11 is 0. The van der Waals surface area contributed by atoms with Crippen molar-refractivity contribution in [1.29, 1.82) is 0 Å². The molecule has 26 heavy (non-hydrogen) atoms. The highest BCUT2D eigenvalue weighted by Crippen LogP contribution is 2.15. The molecular weight excluding hydrogens is 336 g/mol. The SMILES string of the molecule is COCCOC[C@H](O)CN(CCO)C[C@H](O)Cn1ccc2ccccc21. The summed E-state index contributed by atoms with van der Waals surface area (Å²) in [6, 6.07) is 10.0. The third-order valence-corrected chi connectivity index (χ3v) is 4.18. The lowest BCUT2D eigenvalue weighted by Crippen LogP contribution is -2.42. The molecule has 0 aliphatic heterocycles. The van der Waals surface area contributed by atoms with Gasteiger partial charge in [0, 0.05) is 45.0 Å². The van der Waals surface area contributed by atoms with Crippen LogP contribution in [0.25, 0.3) is 10.9 Å². The molecule has 3 N–H and O–H groups in total. The van der Waals surface area contributed by atoms with Crippen LogP contribution in [0.1, 0.15) is 0 Å². The zero-order valence-electron chi connectivity index (χ0n) is 15.3. The molecule has 1 aromatic heterocycles. The van der Waals surface area contributed by atoms with Crippen LogP contribution in [0.2, 0.25) is 0 Å². The number of hydrogen-bond donors (Lipinski definition) is 3. The predicted molar refractivity (Wildman–Crippen MR) is 100 cm³/mol. The van der Waals surface area contributed by atoms with E-state index >= 15 is 0 Å². The Kier molecular flexibility index (Phi) is 9.04. The van der Waals surface area contributed by atoms with E-state index in [4.69, 9.17) is 9.47 Å². The van der Waals surface area contributed by atoms with Crippen molar-refractivity contribution < 1.29 is 24.8 Å². The monoisotopic (exact) mass is 366 g/mol. The molecule has 0 saturated carbocycles. The Balaban J connectivity index is 1.83. The summed E-state index contributed by atoms with van der Waals surface area (Å²) in [5.74, 6) is 0. The van der Waals surface area contributed by atoms with Crippen LogP contribution < -0.4 is 0 Å². The number of aliphatic hydroxyl groups excluding tert-OH is 3. The molecular formula is C19H30N2O5. The minimum absolute atomic E-state index is 0.0313. The second-order valence-electron chi connectivity index (χ2n) is 6.39. The second kappa shape index (κ2) is 11.3. The second-order valence-corrected chi connectivity index (χ2v) is 6.39. The number of hydrogen-bond acceptors (Lipinski definition) is 6. The largest absolute Gasteiger partial charge is 0.395 e. The fourth-order valence-corrected chi connectivity index (χ4v) is 2.99. The number of aromatic nitrogens is 1. The maximum atomic E-state index is 10.5. The first-order chi connectivity index (χ1) is 12.6. The maximum absolute atomic E-state index is 10.5. The van der Waals surface area contributed by atoms with Gasteiger partial charge in [0.05, 0.1) is 38.6 Å². The van der Waals surface area contributed by atoms with Crippen molar-refractivity contribution in [1.82, 2.24) is 9.47 Å². The van der Waals surface area contributed by atoms with Crippen molar-refractivity contribution in [2.45, 2.75) is 18.8 Å². The molecule has 0 aliphatic rings. The van der Waals surface area contributed by atoms with E-state index in [9.17, 15) is 15.3 Å². The highest BCUT2D eigenvalue weighted by atomic mass is 16.5. The summed E-state index contributed by atoms with van der Waals surface area (Å²) in [7, 11) is 1.60. The van der Waals surface area contributed by atoms with E-state index in [1.54, 1.807) is 7.11 Å². The van der Waals surface area contributed by atoms with Gasteiger partial charge in [-0.15, -0.1) is 0 Å². The average Bonchev–Trinajstić information content (AvgIpc) is 3.02. The molecule has 1 heterocycles. The van der Waals surface area contributed by atoms with Crippen molar-refractivity contribution in [3.63, 3.8) is 0 Å². The molecule has 2 aromatic rings. The number of fused-ring (bicyclic) bond motifs is 1. The van der Waals surface area contributed by atoms with E-state index in [-0.39, 0.29) is 13.2 Å². The minimum Gasteiger partial charge on any atom is -0.395 e. The van der Waals surface area contributed by atoms with Gasteiger partial charge in [0.1, 0.15) is 0 Å². The third kappa shape index (κ3) is 6.68. The molecule has 1 aromatic carbocycles. The summed E-state index contributed by atoms with van der Waals surface area (Å²) in [4.78, 5) is 1.85.